The molecule has 1 heterocycles. The Labute approximate surface area is 106 Å². The van der Waals surface area contributed by atoms with Crippen LogP contribution in [0.1, 0.15) is 67.2 Å². The predicted molar refractivity (Wildman–Crippen MR) is 72.5 cm³/mol. The molecule has 0 saturated carbocycles. The number of hydrogen-bond donors (Lipinski definition) is 1. The fourth-order valence-electron chi connectivity index (χ4n) is 2.85. The Kier molecular flexibility index (Phi) is 4.37. The molecular formula is C14H28N2O. The first-order valence-corrected chi connectivity index (χ1v) is 6.86. The van der Waals surface area contributed by atoms with Crippen molar-refractivity contribution in [2.24, 2.45) is 10.9 Å². The first-order chi connectivity index (χ1) is 7.77. The van der Waals surface area contributed by atoms with Gasteiger partial charge in [0, 0.05) is 5.71 Å². The van der Waals surface area contributed by atoms with E-state index in [1.165, 1.54) is 30.0 Å². The van der Waals surface area contributed by atoms with Crippen LogP contribution in [0.5, 0.6) is 0 Å². The van der Waals surface area contributed by atoms with Crippen LogP contribution in [-0.2, 0) is 0 Å². The minimum absolute atomic E-state index is 0.335. The quantitative estimate of drug-likeness (QED) is 0.792. The van der Waals surface area contributed by atoms with E-state index < -0.39 is 5.66 Å². The molecule has 0 radical (unpaired) electrons. The van der Waals surface area contributed by atoms with Crippen LogP contribution in [0.3, 0.4) is 0 Å². The summed E-state index contributed by atoms with van der Waals surface area (Å²) in [6, 6.07) is 0. The SMILES string of the molecule is CCCCC(CC)C1=NC(C)(C)N(O)C1(C)C. The molecule has 1 unspecified atom stereocenters. The van der Waals surface area contributed by atoms with Gasteiger partial charge in [-0.2, -0.15) is 5.06 Å². The van der Waals surface area contributed by atoms with Gasteiger partial charge in [0.15, 0.2) is 0 Å². The zero-order chi connectivity index (χ0) is 13.3. The lowest BCUT2D eigenvalue weighted by molar-refractivity contribution is -0.188. The van der Waals surface area contributed by atoms with Crippen LogP contribution in [-0.4, -0.2) is 27.2 Å². The fraction of sp³-hybridized carbons (Fsp3) is 0.929. The van der Waals surface area contributed by atoms with E-state index in [2.05, 4.69) is 27.7 Å². The van der Waals surface area contributed by atoms with E-state index in [9.17, 15) is 5.21 Å². The molecule has 1 rings (SSSR count). The summed E-state index contributed by atoms with van der Waals surface area (Å²) < 4.78 is 0. The summed E-state index contributed by atoms with van der Waals surface area (Å²) in [5.41, 5.74) is 0.345. The predicted octanol–water partition coefficient (Wildman–Crippen LogP) is 3.86. The van der Waals surface area contributed by atoms with Gasteiger partial charge < -0.3 is 5.21 Å². The van der Waals surface area contributed by atoms with E-state index in [4.69, 9.17) is 4.99 Å². The standard InChI is InChI=1S/C14H28N2O/c1-7-9-10-11(8-2)12-13(3,4)16(17)14(5,6)15-12/h11,17H,7-10H2,1-6H3. The molecule has 0 amide bonds. The highest BCUT2D eigenvalue weighted by molar-refractivity contribution is 5.96. The van der Waals surface area contributed by atoms with Gasteiger partial charge in [-0.1, -0.05) is 26.7 Å². The van der Waals surface area contributed by atoms with Crippen molar-refractivity contribution in [3.63, 3.8) is 0 Å². The summed E-state index contributed by atoms with van der Waals surface area (Å²) in [6.45, 7) is 12.5. The Hall–Kier alpha value is -0.410. The van der Waals surface area contributed by atoms with Crippen molar-refractivity contribution in [3.8, 4) is 0 Å². The topological polar surface area (TPSA) is 35.8 Å². The third-order valence-corrected chi connectivity index (χ3v) is 3.85. The van der Waals surface area contributed by atoms with Crippen LogP contribution in [0.15, 0.2) is 4.99 Å². The molecule has 0 aliphatic carbocycles. The van der Waals surface area contributed by atoms with Crippen molar-refractivity contribution in [3.05, 3.63) is 0 Å². The second-order valence-corrected chi connectivity index (χ2v) is 6.11. The summed E-state index contributed by atoms with van der Waals surface area (Å²) in [7, 11) is 0. The first-order valence-electron chi connectivity index (χ1n) is 6.86. The van der Waals surface area contributed by atoms with Crippen molar-refractivity contribution in [1.29, 1.82) is 0 Å². The van der Waals surface area contributed by atoms with E-state index in [0.717, 1.165) is 6.42 Å². The third kappa shape index (κ3) is 2.71. The normalized spacial score (nSPS) is 24.8. The highest BCUT2D eigenvalue weighted by atomic mass is 16.5. The largest absolute Gasteiger partial charge is 0.311 e. The minimum Gasteiger partial charge on any atom is -0.311 e. The lowest BCUT2D eigenvalue weighted by Crippen LogP contribution is -2.51. The Balaban J connectivity index is 2.94. The van der Waals surface area contributed by atoms with Gasteiger partial charge in [-0.25, -0.2) is 0 Å². The second kappa shape index (κ2) is 5.07. The highest BCUT2D eigenvalue weighted by Crippen LogP contribution is 2.37. The molecule has 0 saturated heterocycles. The van der Waals surface area contributed by atoms with Crippen molar-refractivity contribution in [1.82, 2.24) is 5.06 Å². The van der Waals surface area contributed by atoms with E-state index >= 15 is 0 Å². The summed E-state index contributed by atoms with van der Waals surface area (Å²) in [6.07, 6.45) is 4.74. The first kappa shape index (κ1) is 14.7. The van der Waals surface area contributed by atoms with Crippen LogP contribution < -0.4 is 0 Å². The molecule has 100 valence electrons. The zero-order valence-electron chi connectivity index (χ0n) is 12.2. The Bertz CT molecular complexity index is 295. The monoisotopic (exact) mass is 240 g/mol. The van der Waals surface area contributed by atoms with E-state index in [-0.39, 0.29) is 5.54 Å². The van der Waals surface area contributed by atoms with Crippen molar-refractivity contribution in [2.45, 2.75) is 78.4 Å². The molecule has 1 N–H and O–H groups in total. The van der Waals surface area contributed by atoms with Gasteiger partial charge in [-0.3, -0.25) is 4.99 Å². The van der Waals surface area contributed by atoms with Crippen LogP contribution in [0.4, 0.5) is 0 Å². The molecule has 0 aromatic carbocycles. The van der Waals surface area contributed by atoms with Gasteiger partial charge in [0.05, 0.1) is 5.54 Å². The third-order valence-electron chi connectivity index (χ3n) is 3.85. The molecular weight excluding hydrogens is 212 g/mol. The summed E-state index contributed by atoms with van der Waals surface area (Å²) in [5.74, 6) is 0.501. The number of aliphatic imine (C=N–C) groups is 1. The lowest BCUT2D eigenvalue weighted by atomic mass is 9.84. The van der Waals surface area contributed by atoms with Crippen LogP contribution in [0, 0.1) is 5.92 Å². The lowest BCUT2D eigenvalue weighted by Gasteiger charge is -2.35. The minimum atomic E-state index is -0.488. The smallest absolute Gasteiger partial charge is 0.130 e. The summed E-state index contributed by atoms with van der Waals surface area (Å²) in [5, 5.41) is 11.7. The molecule has 0 aromatic heterocycles. The van der Waals surface area contributed by atoms with Crippen LogP contribution >= 0.6 is 0 Å². The maximum atomic E-state index is 10.2. The molecule has 3 nitrogen and oxygen atoms in total. The van der Waals surface area contributed by atoms with Crippen molar-refractivity contribution < 1.29 is 5.21 Å². The van der Waals surface area contributed by atoms with Gasteiger partial charge >= 0.3 is 0 Å². The number of hydroxylamine groups is 2. The van der Waals surface area contributed by atoms with Crippen LogP contribution in [0.2, 0.25) is 0 Å². The fourth-order valence-corrected chi connectivity index (χ4v) is 2.85. The Morgan fingerprint density at radius 3 is 2.18 bits per heavy atom. The molecule has 1 atom stereocenters. The second-order valence-electron chi connectivity index (χ2n) is 6.11. The Morgan fingerprint density at radius 1 is 1.24 bits per heavy atom. The van der Waals surface area contributed by atoms with Gasteiger partial charge in [-0.15, -0.1) is 0 Å². The van der Waals surface area contributed by atoms with Crippen molar-refractivity contribution >= 4 is 5.71 Å². The molecule has 3 heteroatoms. The molecule has 0 spiro atoms. The van der Waals surface area contributed by atoms with E-state index in [1.54, 1.807) is 0 Å². The molecule has 0 bridgehead atoms. The highest BCUT2D eigenvalue weighted by Gasteiger charge is 2.48. The zero-order valence-corrected chi connectivity index (χ0v) is 12.2. The van der Waals surface area contributed by atoms with Gasteiger partial charge in [0.25, 0.3) is 0 Å². The molecule has 0 fully saturated rings. The number of unbranched alkanes of at least 4 members (excludes halogenated alkanes) is 1. The van der Waals surface area contributed by atoms with Crippen LogP contribution in [0.25, 0.3) is 0 Å². The van der Waals surface area contributed by atoms with Gasteiger partial charge in [0.2, 0.25) is 0 Å². The van der Waals surface area contributed by atoms with E-state index in [1.807, 2.05) is 13.8 Å². The summed E-state index contributed by atoms with van der Waals surface area (Å²) in [4.78, 5) is 4.77. The molecule has 17 heavy (non-hydrogen) atoms. The number of hydrogen-bond acceptors (Lipinski definition) is 3. The molecule has 0 aromatic rings. The average molecular weight is 240 g/mol. The van der Waals surface area contributed by atoms with Crippen molar-refractivity contribution in [2.75, 3.05) is 0 Å². The Morgan fingerprint density at radius 2 is 1.82 bits per heavy atom. The number of nitrogens with zero attached hydrogens (tertiary/aromatic N) is 2. The van der Waals surface area contributed by atoms with E-state index in [0.29, 0.717) is 5.92 Å². The van der Waals surface area contributed by atoms with Gasteiger partial charge in [-0.05, 0) is 46.5 Å². The molecule has 1 aliphatic heterocycles. The maximum absolute atomic E-state index is 10.2. The van der Waals surface area contributed by atoms with Gasteiger partial charge in [0.1, 0.15) is 5.66 Å². The molecule has 1 aliphatic rings. The average Bonchev–Trinajstić information content (AvgIpc) is 2.41. The maximum Gasteiger partial charge on any atom is 0.130 e. The summed E-state index contributed by atoms with van der Waals surface area (Å²) >= 11 is 0. The number of rotatable bonds is 5.